The van der Waals surface area contributed by atoms with Crippen molar-refractivity contribution in [1.82, 2.24) is 13.7 Å². The zero-order valence-corrected chi connectivity index (χ0v) is 83.3. The molecule has 0 saturated carbocycles. The molecule has 147 heavy (non-hydrogen) atoms. The second-order valence-corrected chi connectivity index (χ2v) is 41.9. The van der Waals surface area contributed by atoms with Crippen LogP contribution < -0.4 is 9.80 Å². The predicted octanol–water partition coefficient (Wildman–Crippen LogP) is 38.0. The molecule has 8 nitrogen and oxygen atoms in total. The number of furan rings is 3. The van der Waals surface area contributed by atoms with Crippen molar-refractivity contribution in [1.29, 1.82) is 0 Å². The molecule has 30 rings (SSSR count). The molecule has 0 aliphatic heterocycles. The fourth-order valence-electron chi connectivity index (χ4n) is 25.4. The molecule has 0 fully saturated rings. The molecule has 3 aliphatic rings. The van der Waals surface area contributed by atoms with Crippen molar-refractivity contribution in [3.05, 3.63) is 522 Å². The molecular weight excluding hydrogens is 1790 g/mol. The minimum atomic E-state index is -0.196. The van der Waals surface area contributed by atoms with E-state index < -0.39 is 0 Å². The first-order valence-electron chi connectivity index (χ1n) is 51.3. The SMILES string of the molecule is Cc1ccc(-n2c3ccccc3c3cc(C(c4ccc5c(c4)-c4ccccc4C5(C)C)c4cccc5oc6ccccc6c45)ccc32)cc1.Cc1ccc(-n2c3ccccc3c3cc(N(c4cccc5c4-c4ccccc4C5(C)C)c4cccc5oc6ccccc6c45)ccc32)cc1.Cc1ccc(-n2c3ccccc3c3cc(N(c4cccc5c4C(C)(C)c4ccccc4-5)c4cccc5oc6ccccc6c45)ccc32)cc1. The molecule has 27 aromatic rings. The normalized spacial score (nSPS) is 13.6. The Morgan fingerprint density at radius 3 is 1.05 bits per heavy atom. The van der Waals surface area contributed by atoms with Crippen LogP contribution in [0.5, 0.6) is 0 Å². The van der Waals surface area contributed by atoms with Crippen molar-refractivity contribution in [3.63, 3.8) is 0 Å². The third-order valence-corrected chi connectivity index (χ3v) is 32.3. The van der Waals surface area contributed by atoms with Crippen molar-refractivity contribution >= 4 is 165 Å². The van der Waals surface area contributed by atoms with Gasteiger partial charge in [0.2, 0.25) is 0 Å². The Kier molecular flexibility index (Phi) is 19.7. The van der Waals surface area contributed by atoms with Gasteiger partial charge in [-0.05, 0) is 269 Å². The van der Waals surface area contributed by atoms with Gasteiger partial charge >= 0.3 is 0 Å². The fraction of sp³-hybridized carbons (Fsp3) is 0.0935. The number of hydrogen-bond donors (Lipinski definition) is 0. The molecule has 21 aromatic carbocycles. The number of anilines is 6. The molecule has 0 N–H and O–H groups in total. The summed E-state index contributed by atoms with van der Waals surface area (Å²) in [6, 6.07) is 166. The average Bonchev–Trinajstić information content (AvgIpc) is 1.54. The van der Waals surface area contributed by atoms with Gasteiger partial charge in [0.05, 0.1) is 66.6 Å². The summed E-state index contributed by atoms with van der Waals surface area (Å²) in [5.74, 6) is -0.0169. The number of benzene rings is 21. The number of rotatable bonds is 12. The van der Waals surface area contributed by atoms with Gasteiger partial charge in [-0.1, -0.05) is 343 Å². The van der Waals surface area contributed by atoms with Gasteiger partial charge < -0.3 is 36.8 Å². The molecule has 1 unspecified atom stereocenters. The molecule has 3 aliphatic carbocycles. The van der Waals surface area contributed by atoms with Gasteiger partial charge in [-0.25, -0.2) is 0 Å². The van der Waals surface area contributed by atoms with Crippen LogP contribution in [0.4, 0.5) is 34.1 Å². The molecule has 0 amide bonds. The number of hydrogen-bond acceptors (Lipinski definition) is 5. The van der Waals surface area contributed by atoms with Crippen LogP contribution in [-0.2, 0) is 16.2 Å². The molecule has 6 aromatic heterocycles. The van der Waals surface area contributed by atoms with E-state index in [0.717, 1.165) is 100 Å². The zero-order valence-electron chi connectivity index (χ0n) is 83.3. The fourth-order valence-corrected chi connectivity index (χ4v) is 25.4. The maximum Gasteiger partial charge on any atom is 0.137 e. The predicted molar refractivity (Wildman–Crippen MR) is 614 cm³/mol. The zero-order chi connectivity index (χ0) is 98.6. The minimum Gasteiger partial charge on any atom is -0.456 e. The lowest BCUT2D eigenvalue weighted by molar-refractivity contribution is 0.660. The van der Waals surface area contributed by atoms with Crippen molar-refractivity contribution in [2.45, 2.75) is 84.5 Å². The van der Waals surface area contributed by atoms with Crippen LogP contribution in [0.2, 0.25) is 0 Å². The van der Waals surface area contributed by atoms with Gasteiger partial charge in [0, 0.05) is 110 Å². The van der Waals surface area contributed by atoms with Gasteiger partial charge in [-0.15, -0.1) is 0 Å². The number of fused-ring (bicyclic) bond motifs is 27. The molecule has 1 atom stereocenters. The van der Waals surface area contributed by atoms with E-state index in [4.69, 9.17) is 13.3 Å². The van der Waals surface area contributed by atoms with Crippen LogP contribution >= 0.6 is 0 Å². The van der Waals surface area contributed by atoms with E-state index in [9.17, 15) is 0 Å². The van der Waals surface area contributed by atoms with Gasteiger partial charge in [-0.3, -0.25) is 0 Å². The number of para-hydroxylation sites is 6. The van der Waals surface area contributed by atoms with Gasteiger partial charge in [-0.2, -0.15) is 0 Å². The van der Waals surface area contributed by atoms with Gasteiger partial charge in [0.25, 0.3) is 0 Å². The van der Waals surface area contributed by atoms with Crippen LogP contribution in [0, 0.1) is 20.8 Å². The highest BCUT2D eigenvalue weighted by atomic mass is 16.3. The summed E-state index contributed by atoms with van der Waals surface area (Å²) in [6.45, 7) is 20.6. The van der Waals surface area contributed by atoms with E-state index in [2.05, 4.69) is 529 Å². The quantitative estimate of drug-likeness (QED) is 0.114. The van der Waals surface area contributed by atoms with Crippen LogP contribution in [0.3, 0.4) is 0 Å². The van der Waals surface area contributed by atoms with E-state index in [1.54, 1.807) is 0 Å². The van der Waals surface area contributed by atoms with Crippen LogP contribution in [0.15, 0.2) is 468 Å². The Morgan fingerprint density at radius 1 is 0.218 bits per heavy atom. The summed E-state index contributed by atoms with van der Waals surface area (Å²) in [7, 11) is 0. The number of aryl methyl sites for hydroxylation is 3. The van der Waals surface area contributed by atoms with Crippen LogP contribution in [-0.4, -0.2) is 13.7 Å². The summed E-state index contributed by atoms with van der Waals surface area (Å²) in [5.41, 5.74) is 46.1. The molecule has 0 bridgehead atoms. The third kappa shape index (κ3) is 13.4. The standard InChI is InChI=1S/C47H35NO.2C46H34N2O/c1-29-19-23-32(24-20-29)48-41-16-8-5-12-34(41)38-28-31(22-26-42(38)48)45(36-14-10-18-44-46(36)35-13-6-9-17-43(35)49-44)30-21-25-40-37(27-30)33-11-4-7-15-39(33)47(40,2)3;1-29-22-24-30(25-23-29)47-38-17-8-5-12-32(38)35-28-31(26-27-39(35)47)48(41-19-11-21-43-45(41)34-14-6-9-20-42(34)49-43)40-18-10-16-37-44(40)33-13-4-7-15-36(33)46(37,2)3;1-29-22-24-30(25-23-29)47-38-17-8-5-13-33(38)36-28-31(26-27-39(36)47)48(40-18-11-21-43-44(40)35-14-6-9-20-42(35)49-43)41-19-10-15-34-32-12-4-7-16-37(32)46(2,3)45(34)41/h4-28,45H,1-3H3;2*4-28H,1-3H3. The number of nitrogens with zero attached hydrogens (tertiary/aromatic N) is 5. The van der Waals surface area contributed by atoms with E-state index in [0.29, 0.717) is 0 Å². The lowest BCUT2D eigenvalue weighted by Crippen LogP contribution is -2.20. The molecular formula is C139H103N5O3. The van der Waals surface area contributed by atoms with Crippen LogP contribution in [0.25, 0.3) is 182 Å². The summed E-state index contributed by atoms with van der Waals surface area (Å²) in [4.78, 5) is 4.95. The van der Waals surface area contributed by atoms with Crippen molar-refractivity contribution in [3.8, 4) is 50.4 Å². The first kappa shape index (κ1) is 86.9. The highest BCUT2D eigenvalue weighted by molar-refractivity contribution is 6.19. The minimum absolute atomic E-state index is 0.0169. The molecule has 0 saturated heterocycles. The topological polar surface area (TPSA) is 60.7 Å². The Balaban J connectivity index is 0.000000107. The lowest BCUT2D eigenvalue weighted by atomic mass is 9.79. The monoisotopic (exact) mass is 1890 g/mol. The summed E-state index contributed by atoms with van der Waals surface area (Å²) in [5, 5.41) is 14.2. The highest BCUT2D eigenvalue weighted by Gasteiger charge is 2.43. The Hall–Kier alpha value is -18.0. The smallest absolute Gasteiger partial charge is 0.137 e. The third-order valence-electron chi connectivity index (χ3n) is 32.3. The Labute approximate surface area is 852 Å². The largest absolute Gasteiger partial charge is 0.456 e. The molecule has 702 valence electrons. The van der Waals surface area contributed by atoms with Crippen molar-refractivity contribution in [2.75, 3.05) is 9.80 Å². The first-order valence-corrected chi connectivity index (χ1v) is 51.3. The molecule has 0 spiro atoms. The van der Waals surface area contributed by atoms with Crippen LogP contribution in [0.1, 0.15) is 114 Å². The first-order chi connectivity index (χ1) is 71.9. The Morgan fingerprint density at radius 2 is 0.544 bits per heavy atom. The van der Waals surface area contributed by atoms with Crippen molar-refractivity contribution < 1.29 is 13.3 Å². The van der Waals surface area contributed by atoms with E-state index in [1.165, 1.54) is 182 Å². The second kappa shape index (κ2) is 33.3. The van der Waals surface area contributed by atoms with Gasteiger partial charge in [0.15, 0.2) is 0 Å². The maximum absolute atomic E-state index is 6.46. The molecule has 8 heteroatoms. The lowest BCUT2D eigenvalue weighted by Gasteiger charge is -2.32. The second-order valence-electron chi connectivity index (χ2n) is 41.9. The van der Waals surface area contributed by atoms with Gasteiger partial charge in [0.1, 0.15) is 33.5 Å². The molecule has 0 radical (unpaired) electrons. The maximum atomic E-state index is 6.46. The highest BCUT2D eigenvalue weighted by Crippen LogP contribution is 2.60. The number of aromatic nitrogens is 3. The summed E-state index contributed by atoms with van der Waals surface area (Å²) >= 11 is 0. The van der Waals surface area contributed by atoms with E-state index in [1.807, 2.05) is 12.1 Å². The summed E-state index contributed by atoms with van der Waals surface area (Å²) < 4.78 is 26.5. The summed E-state index contributed by atoms with van der Waals surface area (Å²) in [6.07, 6.45) is 0. The van der Waals surface area contributed by atoms with Crippen molar-refractivity contribution in [2.24, 2.45) is 0 Å². The Bertz CT molecular complexity index is 10100. The molecule has 6 heterocycles. The van der Waals surface area contributed by atoms with E-state index >= 15 is 0 Å². The average molecular weight is 1890 g/mol. The van der Waals surface area contributed by atoms with E-state index in [-0.39, 0.29) is 22.2 Å².